The van der Waals surface area contributed by atoms with E-state index in [1.54, 1.807) is 4.40 Å². The van der Waals surface area contributed by atoms with E-state index in [1.165, 1.54) is 0 Å². The molecule has 2 aromatic heterocycles. The van der Waals surface area contributed by atoms with Crippen molar-refractivity contribution in [1.29, 1.82) is 0 Å². The number of fused-ring (bicyclic) bond motifs is 1. The van der Waals surface area contributed by atoms with E-state index < -0.39 is 11.4 Å². The molecule has 0 amide bonds. The summed E-state index contributed by atoms with van der Waals surface area (Å²) in [5, 5.41) is 9.35. The molecule has 6 nitrogen and oxygen atoms in total. The zero-order valence-corrected chi connectivity index (χ0v) is 15.5. The summed E-state index contributed by atoms with van der Waals surface area (Å²) < 4.78 is 7.40. The summed E-state index contributed by atoms with van der Waals surface area (Å²) in [5.41, 5.74) is 1.39. The highest BCUT2D eigenvalue weighted by Gasteiger charge is 2.37. The maximum atomic E-state index is 13.2. The molecule has 0 aliphatic heterocycles. The average Bonchev–Trinajstić information content (AvgIpc) is 2.92. The number of imidazole rings is 1. The van der Waals surface area contributed by atoms with Crippen molar-refractivity contribution in [2.75, 3.05) is 6.61 Å². The molecule has 140 valence electrons. The number of ketones is 1. The highest BCUT2D eigenvalue weighted by atomic mass is 16.5. The number of Topliss-reactive ketones (excluding diaryl/α,β-unsaturated/α-hetero) is 1. The number of hydrogen-bond acceptors (Lipinski definition) is 4. The summed E-state index contributed by atoms with van der Waals surface area (Å²) in [5.74, 6) is -0.213. The smallest absolute Gasteiger partial charge is 0.303 e. The molecule has 26 heavy (non-hydrogen) atoms. The first-order valence-electron chi connectivity index (χ1n) is 9.31. The molecular formula is C20H26N2O4. The lowest BCUT2D eigenvalue weighted by atomic mass is 9.68. The summed E-state index contributed by atoms with van der Waals surface area (Å²) in [7, 11) is 0. The fourth-order valence-corrected chi connectivity index (χ4v) is 4.22. The zero-order valence-electron chi connectivity index (χ0n) is 15.5. The Balaban J connectivity index is 1.95. The highest BCUT2D eigenvalue weighted by Crippen LogP contribution is 2.43. The van der Waals surface area contributed by atoms with Crippen LogP contribution in [-0.2, 0) is 4.79 Å². The van der Waals surface area contributed by atoms with Gasteiger partial charge in [0.1, 0.15) is 5.69 Å². The molecule has 0 radical (unpaired) electrons. The number of rotatable bonds is 7. The van der Waals surface area contributed by atoms with Crippen molar-refractivity contribution in [1.82, 2.24) is 9.38 Å². The molecule has 1 N–H and O–H groups in total. The molecule has 1 aliphatic rings. The van der Waals surface area contributed by atoms with E-state index in [4.69, 9.17) is 4.74 Å². The molecule has 0 unspecified atom stereocenters. The molecular weight excluding hydrogens is 332 g/mol. The van der Waals surface area contributed by atoms with Crippen LogP contribution >= 0.6 is 0 Å². The van der Waals surface area contributed by atoms with E-state index in [1.807, 2.05) is 32.2 Å². The maximum absolute atomic E-state index is 13.2. The molecule has 3 rings (SSSR count). The number of carboxylic acid groups (broad SMARTS) is 1. The Hall–Kier alpha value is -2.37. The van der Waals surface area contributed by atoms with Gasteiger partial charge in [0.25, 0.3) is 0 Å². The van der Waals surface area contributed by atoms with Crippen molar-refractivity contribution in [3.8, 4) is 5.75 Å². The lowest BCUT2D eigenvalue weighted by molar-refractivity contribution is -0.140. The quantitative estimate of drug-likeness (QED) is 0.756. The first-order valence-corrected chi connectivity index (χ1v) is 9.31. The molecule has 1 fully saturated rings. The Bertz CT molecular complexity index is 819. The molecule has 0 aromatic carbocycles. The van der Waals surface area contributed by atoms with Gasteiger partial charge in [-0.2, -0.15) is 0 Å². The molecule has 1 saturated carbocycles. The van der Waals surface area contributed by atoms with Crippen LogP contribution in [0.3, 0.4) is 0 Å². The Kier molecular flexibility index (Phi) is 5.30. The van der Waals surface area contributed by atoms with E-state index >= 15 is 0 Å². The standard InChI is InChI=1S/C20H26N2O4/c1-3-26-16-8-7-11-22-18(14(2)21-19(16)22)15(23)12-20(13-17(24)25)9-5-4-6-10-20/h7-8,11H,3-6,9-10,12-13H2,1-2H3,(H,24,25). The van der Waals surface area contributed by atoms with Gasteiger partial charge in [-0.3, -0.25) is 14.0 Å². The third-order valence-corrected chi connectivity index (χ3v) is 5.33. The number of carbonyl (C=O) groups is 2. The summed E-state index contributed by atoms with van der Waals surface area (Å²) in [4.78, 5) is 29.1. The maximum Gasteiger partial charge on any atom is 0.303 e. The number of pyridine rings is 1. The summed E-state index contributed by atoms with van der Waals surface area (Å²) in [6, 6.07) is 3.68. The molecule has 0 spiro atoms. The molecule has 0 saturated heterocycles. The van der Waals surface area contributed by atoms with Gasteiger partial charge in [-0.1, -0.05) is 19.3 Å². The normalized spacial score (nSPS) is 16.5. The molecule has 6 heteroatoms. The minimum atomic E-state index is -0.826. The van der Waals surface area contributed by atoms with Gasteiger partial charge in [0.05, 0.1) is 18.7 Å². The third kappa shape index (κ3) is 3.59. The van der Waals surface area contributed by atoms with Crippen molar-refractivity contribution in [2.24, 2.45) is 5.41 Å². The van der Waals surface area contributed by atoms with Crippen molar-refractivity contribution < 1.29 is 19.4 Å². The number of carbonyl (C=O) groups excluding carboxylic acids is 1. The van der Waals surface area contributed by atoms with E-state index in [0.29, 0.717) is 29.4 Å². The topological polar surface area (TPSA) is 80.9 Å². The SMILES string of the molecule is CCOc1cccn2c(C(=O)CC3(CC(=O)O)CCCCC3)c(C)nc12. The summed E-state index contributed by atoms with van der Waals surface area (Å²) >= 11 is 0. The Morgan fingerprint density at radius 2 is 2.00 bits per heavy atom. The number of nitrogens with zero attached hydrogens (tertiary/aromatic N) is 2. The van der Waals surface area contributed by atoms with Gasteiger partial charge in [0.15, 0.2) is 17.2 Å². The zero-order chi connectivity index (χ0) is 18.7. The van der Waals surface area contributed by atoms with Crippen molar-refractivity contribution in [3.63, 3.8) is 0 Å². The summed E-state index contributed by atoms with van der Waals surface area (Å²) in [6.45, 7) is 4.25. The van der Waals surface area contributed by atoms with E-state index in [2.05, 4.69) is 4.98 Å². The fourth-order valence-electron chi connectivity index (χ4n) is 4.22. The predicted octanol–water partition coefficient (Wildman–Crippen LogP) is 4.04. The van der Waals surface area contributed by atoms with Crippen LogP contribution in [0.2, 0.25) is 0 Å². The number of aryl methyl sites for hydroxylation is 1. The molecule has 2 aromatic rings. The number of aromatic nitrogens is 2. The van der Waals surface area contributed by atoms with Crippen LogP contribution < -0.4 is 4.74 Å². The highest BCUT2D eigenvalue weighted by molar-refractivity contribution is 5.97. The van der Waals surface area contributed by atoms with Crippen LogP contribution in [-0.4, -0.2) is 32.9 Å². The average molecular weight is 358 g/mol. The van der Waals surface area contributed by atoms with Gasteiger partial charge in [0, 0.05) is 12.6 Å². The summed E-state index contributed by atoms with van der Waals surface area (Å²) in [6.07, 6.45) is 6.81. The number of aliphatic carboxylic acids is 1. The second-order valence-corrected chi connectivity index (χ2v) is 7.28. The third-order valence-electron chi connectivity index (χ3n) is 5.33. The van der Waals surface area contributed by atoms with Crippen LogP contribution in [0.1, 0.15) is 68.1 Å². The van der Waals surface area contributed by atoms with Crippen LogP contribution in [0.4, 0.5) is 0 Å². The van der Waals surface area contributed by atoms with Crippen LogP contribution in [0, 0.1) is 12.3 Å². The Morgan fingerprint density at radius 1 is 1.27 bits per heavy atom. The lowest BCUT2D eigenvalue weighted by Crippen LogP contribution is -2.30. The molecule has 2 heterocycles. The van der Waals surface area contributed by atoms with Crippen LogP contribution in [0.15, 0.2) is 18.3 Å². The van der Waals surface area contributed by atoms with Crippen molar-refractivity contribution >= 4 is 17.4 Å². The minimum absolute atomic E-state index is 0.0354. The number of hydrogen-bond donors (Lipinski definition) is 1. The van der Waals surface area contributed by atoms with Gasteiger partial charge in [-0.15, -0.1) is 0 Å². The lowest BCUT2D eigenvalue weighted by Gasteiger charge is -2.35. The Labute approximate surface area is 153 Å². The monoisotopic (exact) mass is 358 g/mol. The second-order valence-electron chi connectivity index (χ2n) is 7.28. The molecule has 0 atom stereocenters. The van der Waals surface area contributed by atoms with E-state index in [9.17, 15) is 14.7 Å². The largest absolute Gasteiger partial charge is 0.490 e. The van der Waals surface area contributed by atoms with Gasteiger partial charge in [-0.25, -0.2) is 4.98 Å². The number of carboxylic acids is 1. The fraction of sp³-hybridized carbons (Fsp3) is 0.550. The molecule has 0 bridgehead atoms. The minimum Gasteiger partial charge on any atom is -0.490 e. The Morgan fingerprint density at radius 3 is 2.65 bits per heavy atom. The van der Waals surface area contributed by atoms with Crippen LogP contribution in [0.5, 0.6) is 5.75 Å². The first-order chi connectivity index (χ1) is 12.5. The van der Waals surface area contributed by atoms with Gasteiger partial charge < -0.3 is 9.84 Å². The predicted molar refractivity (Wildman–Crippen MR) is 97.8 cm³/mol. The van der Waals surface area contributed by atoms with E-state index in [0.717, 1.165) is 32.1 Å². The molecule has 1 aliphatic carbocycles. The number of ether oxygens (including phenoxy) is 1. The van der Waals surface area contributed by atoms with Crippen molar-refractivity contribution in [3.05, 3.63) is 29.7 Å². The van der Waals surface area contributed by atoms with Gasteiger partial charge in [-0.05, 0) is 44.2 Å². The van der Waals surface area contributed by atoms with Crippen LogP contribution in [0.25, 0.3) is 5.65 Å². The second kappa shape index (κ2) is 7.48. The van der Waals surface area contributed by atoms with Gasteiger partial charge >= 0.3 is 5.97 Å². The van der Waals surface area contributed by atoms with E-state index in [-0.39, 0.29) is 18.6 Å². The first kappa shape index (κ1) is 18.4. The van der Waals surface area contributed by atoms with Crippen molar-refractivity contribution in [2.45, 2.75) is 58.8 Å². The van der Waals surface area contributed by atoms with Gasteiger partial charge in [0.2, 0.25) is 0 Å².